The second-order valence-electron chi connectivity index (χ2n) is 8.48. The highest BCUT2D eigenvalue weighted by atomic mass is 16.5. The molecule has 0 spiro atoms. The first-order valence-corrected chi connectivity index (χ1v) is 9.95. The van der Waals surface area contributed by atoms with Crippen molar-refractivity contribution in [1.82, 2.24) is 10.2 Å². The molecule has 3 aliphatic carbocycles. The van der Waals surface area contributed by atoms with Crippen LogP contribution in [0.1, 0.15) is 51.4 Å². The van der Waals surface area contributed by atoms with Gasteiger partial charge in [0, 0.05) is 43.6 Å². The van der Waals surface area contributed by atoms with Gasteiger partial charge in [-0.1, -0.05) is 12.8 Å². The van der Waals surface area contributed by atoms with Gasteiger partial charge < -0.3 is 15.2 Å². The number of morpholine rings is 1. The van der Waals surface area contributed by atoms with E-state index < -0.39 is 0 Å². The van der Waals surface area contributed by atoms with Crippen molar-refractivity contribution in [2.24, 2.45) is 17.8 Å². The smallest absolute Gasteiger partial charge is 0.222 e. The summed E-state index contributed by atoms with van der Waals surface area (Å²) in [4.78, 5) is 15.4. The van der Waals surface area contributed by atoms with Crippen molar-refractivity contribution in [2.75, 3.05) is 32.9 Å². The van der Waals surface area contributed by atoms with Crippen molar-refractivity contribution in [3.8, 4) is 0 Å². The second-order valence-corrected chi connectivity index (χ2v) is 8.48. The number of ether oxygens (including phenoxy) is 1. The molecule has 4 fully saturated rings. The molecule has 24 heavy (non-hydrogen) atoms. The normalized spacial score (nSPS) is 38.5. The minimum absolute atomic E-state index is 0.0557. The van der Waals surface area contributed by atoms with Crippen LogP contribution in [-0.2, 0) is 9.53 Å². The fourth-order valence-electron chi connectivity index (χ4n) is 6.11. The van der Waals surface area contributed by atoms with Gasteiger partial charge in [0.25, 0.3) is 0 Å². The SMILES string of the molecule is O=C(CC1(N2CCOCC2)CCCC1)NC1C2CCC(C2)C1CO. The zero-order valence-corrected chi connectivity index (χ0v) is 14.7. The molecule has 0 aromatic heterocycles. The number of rotatable bonds is 5. The van der Waals surface area contributed by atoms with Crippen LogP contribution in [-0.4, -0.2) is 60.4 Å². The number of nitrogens with zero attached hydrogens (tertiary/aromatic N) is 1. The lowest BCUT2D eigenvalue weighted by Gasteiger charge is -2.43. The predicted octanol–water partition coefficient (Wildman–Crippen LogP) is 1.54. The van der Waals surface area contributed by atoms with Crippen LogP contribution in [0.2, 0.25) is 0 Å². The van der Waals surface area contributed by atoms with Crippen LogP contribution in [0.4, 0.5) is 0 Å². The average Bonchev–Trinajstić information content (AvgIpc) is 3.32. The summed E-state index contributed by atoms with van der Waals surface area (Å²) in [7, 11) is 0. The van der Waals surface area contributed by atoms with E-state index in [2.05, 4.69) is 10.2 Å². The molecule has 3 saturated carbocycles. The van der Waals surface area contributed by atoms with Crippen LogP contribution < -0.4 is 5.32 Å². The van der Waals surface area contributed by atoms with Crippen molar-refractivity contribution in [1.29, 1.82) is 0 Å². The molecule has 0 radical (unpaired) electrons. The lowest BCUT2D eigenvalue weighted by molar-refractivity contribution is -0.127. The maximum atomic E-state index is 12.9. The Kier molecular flexibility index (Phi) is 4.85. The molecule has 5 heteroatoms. The number of amides is 1. The van der Waals surface area contributed by atoms with Crippen LogP contribution in [0.5, 0.6) is 0 Å². The molecule has 4 atom stereocenters. The molecule has 1 saturated heterocycles. The summed E-state index contributed by atoms with van der Waals surface area (Å²) in [6.07, 6.45) is 9.03. The highest BCUT2D eigenvalue weighted by molar-refractivity contribution is 5.77. The maximum Gasteiger partial charge on any atom is 0.222 e. The standard InChI is InChI=1S/C19H32N2O3/c22-13-16-14-3-4-15(11-14)18(16)20-17(23)12-19(5-1-2-6-19)21-7-9-24-10-8-21/h14-16,18,22H,1-13H2,(H,20,23). The third-order valence-corrected chi connectivity index (χ3v) is 7.33. The van der Waals surface area contributed by atoms with Crippen LogP contribution in [0, 0.1) is 17.8 Å². The van der Waals surface area contributed by atoms with E-state index in [9.17, 15) is 9.90 Å². The maximum absolute atomic E-state index is 12.9. The molecule has 4 rings (SSSR count). The van der Waals surface area contributed by atoms with E-state index in [-0.39, 0.29) is 30.0 Å². The molecular weight excluding hydrogens is 304 g/mol. The molecule has 4 aliphatic rings. The van der Waals surface area contributed by atoms with Gasteiger partial charge >= 0.3 is 0 Å². The number of nitrogens with one attached hydrogen (secondary N) is 1. The van der Waals surface area contributed by atoms with Gasteiger partial charge in [0.05, 0.1) is 13.2 Å². The minimum Gasteiger partial charge on any atom is -0.396 e. The summed E-state index contributed by atoms with van der Waals surface area (Å²) in [5.74, 6) is 1.72. The highest BCUT2D eigenvalue weighted by Gasteiger charge is 2.48. The summed E-state index contributed by atoms with van der Waals surface area (Å²) >= 11 is 0. The molecule has 2 N–H and O–H groups in total. The van der Waals surface area contributed by atoms with Crippen molar-refractivity contribution >= 4 is 5.91 Å². The molecule has 4 unspecified atom stereocenters. The van der Waals surface area contributed by atoms with E-state index >= 15 is 0 Å². The molecule has 136 valence electrons. The van der Waals surface area contributed by atoms with Gasteiger partial charge in [-0.3, -0.25) is 9.69 Å². The summed E-state index contributed by atoms with van der Waals surface area (Å²) in [6.45, 7) is 3.73. The first-order valence-electron chi connectivity index (χ1n) is 9.95. The van der Waals surface area contributed by atoms with E-state index in [4.69, 9.17) is 4.74 Å². The molecule has 0 aromatic carbocycles. The summed E-state index contributed by atoms with van der Waals surface area (Å²) in [5.41, 5.74) is 0.0557. The summed E-state index contributed by atoms with van der Waals surface area (Å²) in [6, 6.07) is 0.212. The first-order chi connectivity index (χ1) is 11.7. The number of carbonyl (C=O) groups is 1. The average molecular weight is 336 g/mol. The van der Waals surface area contributed by atoms with Crippen molar-refractivity contribution in [3.05, 3.63) is 0 Å². The Hall–Kier alpha value is -0.650. The molecule has 2 bridgehead atoms. The van der Waals surface area contributed by atoms with Gasteiger partial charge in [-0.25, -0.2) is 0 Å². The lowest BCUT2D eigenvalue weighted by atomic mass is 9.84. The van der Waals surface area contributed by atoms with Gasteiger partial charge in [0.15, 0.2) is 0 Å². The zero-order chi connectivity index (χ0) is 16.6. The fraction of sp³-hybridized carbons (Fsp3) is 0.947. The third-order valence-electron chi connectivity index (χ3n) is 7.33. The summed E-state index contributed by atoms with van der Waals surface area (Å²) in [5, 5.41) is 13.1. The van der Waals surface area contributed by atoms with Crippen LogP contribution in [0.25, 0.3) is 0 Å². The van der Waals surface area contributed by atoms with Crippen LogP contribution in [0.3, 0.4) is 0 Å². The Bertz CT molecular complexity index is 458. The lowest BCUT2D eigenvalue weighted by Crippen LogP contribution is -2.55. The van der Waals surface area contributed by atoms with Crippen LogP contribution in [0.15, 0.2) is 0 Å². The van der Waals surface area contributed by atoms with E-state index in [1.165, 1.54) is 32.1 Å². The number of aliphatic hydroxyl groups excluding tert-OH is 1. The van der Waals surface area contributed by atoms with E-state index in [1.54, 1.807) is 0 Å². The molecule has 1 aliphatic heterocycles. The molecule has 1 amide bonds. The number of hydrogen-bond donors (Lipinski definition) is 2. The van der Waals surface area contributed by atoms with Crippen molar-refractivity contribution in [3.63, 3.8) is 0 Å². The van der Waals surface area contributed by atoms with Crippen LogP contribution >= 0.6 is 0 Å². The third kappa shape index (κ3) is 2.99. The Morgan fingerprint density at radius 1 is 1.17 bits per heavy atom. The molecule has 5 nitrogen and oxygen atoms in total. The van der Waals surface area contributed by atoms with Crippen molar-refractivity contribution in [2.45, 2.75) is 62.9 Å². The second kappa shape index (κ2) is 6.93. The largest absolute Gasteiger partial charge is 0.396 e. The number of aliphatic hydroxyl groups is 1. The number of carbonyl (C=O) groups excluding carboxylic acids is 1. The van der Waals surface area contributed by atoms with Gasteiger partial charge in [-0.05, 0) is 43.9 Å². The predicted molar refractivity (Wildman–Crippen MR) is 91.5 cm³/mol. The number of fused-ring (bicyclic) bond motifs is 2. The van der Waals surface area contributed by atoms with Gasteiger partial charge in [0.2, 0.25) is 5.91 Å². The Morgan fingerprint density at radius 2 is 1.88 bits per heavy atom. The first kappa shape index (κ1) is 16.8. The zero-order valence-electron chi connectivity index (χ0n) is 14.7. The summed E-state index contributed by atoms with van der Waals surface area (Å²) < 4.78 is 5.51. The topological polar surface area (TPSA) is 61.8 Å². The minimum atomic E-state index is 0.0557. The Morgan fingerprint density at radius 3 is 2.58 bits per heavy atom. The van der Waals surface area contributed by atoms with E-state index in [0.29, 0.717) is 18.3 Å². The molecule has 0 aromatic rings. The van der Waals surface area contributed by atoms with Gasteiger partial charge in [-0.2, -0.15) is 0 Å². The highest BCUT2D eigenvalue weighted by Crippen LogP contribution is 2.48. The Labute approximate surface area is 145 Å². The van der Waals surface area contributed by atoms with Gasteiger partial charge in [-0.15, -0.1) is 0 Å². The van der Waals surface area contributed by atoms with E-state index in [0.717, 1.165) is 39.1 Å². The monoisotopic (exact) mass is 336 g/mol. The molecule has 1 heterocycles. The molecular formula is C19H32N2O3. The van der Waals surface area contributed by atoms with Gasteiger partial charge in [0.1, 0.15) is 0 Å². The fourth-order valence-corrected chi connectivity index (χ4v) is 6.11. The Balaban J connectivity index is 1.40. The number of hydrogen-bond acceptors (Lipinski definition) is 4. The quantitative estimate of drug-likeness (QED) is 0.800. The van der Waals surface area contributed by atoms with Crippen molar-refractivity contribution < 1.29 is 14.6 Å². The van der Waals surface area contributed by atoms with E-state index in [1.807, 2.05) is 0 Å².